The van der Waals surface area contributed by atoms with E-state index in [1.54, 1.807) is 6.92 Å². The van der Waals surface area contributed by atoms with Crippen LogP contribution in [0.4, 0.5) is 0 Å². The lowest BCUT2D eigenvalue weighted by Gasteiger charge is -2.27. The Hall–Kier alpha value is -1.06. The topological polar surface area (TPSA) is 55.1 Å². The second kappa shape index (κ2) is 6.40. The van der Waals surface area contributed by atoms with Gasteiger partial charge in [0, 0.05) is 6.04 Å². The summed E-state index contributed by atoms with van der Waals surface area (Å²) in [5.74, 6) is 0.480. The Bertz CT molecular complexity index is 419. The average molecular weight is 283 g/mol. The number of hydrogen-bond acceptors (Lipinski definition) is 2. The van der Waals surface area contributed by atoms with Gasteiger partial charge in [-0.1, -0.05) is 43.7 Å². The molecule has 0 radical (unpaired) electrons. The quantitative estimate of drug-likeness (QED) is 0.895. The number of halogens is 1. The Morgan fingerprint density at radius 1 is 1.32 bits per heavy atom. The molecule has 19 heavy (non-hydrogen) atoms. The Labute approximate surface area is 121 Å². The molecule has 0 aromatic heterocycles. The summed E-state index contributed by atoms with van der Waals surface area (Å²) >= 11 is 0. The lowest BCUT2D eigenvalue weighted by atomic mass is 9.91. The van der Waals surface area contributed by atoms with Gasteiger partial charge in [-0.3, -0.25) is 4.79 Å². The first-order valence-corrected chi connectivity index (χ1v) is 6.67. The van der Waals surface area contributed by atoms with Crippen molar-refractivity contribution in [3.8, 4) is 0 Å². The number of benzene rings is 1. The molecule has 1 amide bonds. The van der Waals surface area contributed by atoms with Crippen molar-refractivity contribution in [2.45, 2.75) is 44.7 Å². The van der Waals surface area contributed by atoms with Gasteiger partial charge in [0.25, 0.3) is 0 Å². The standard InChI is InChI=1S/C15H22N2O.ClH/c1-11-7-6-10-13(11)17-14(18)15(2,16)12-8-4-3-5-9-12;/h3-5,8-9,11,13H,6-7,10,16H2,1-2H3,(H,17,18);1H. The number of carbonyl (C=O) groups excluding carboxylic acids is 1. The van der Waals surface area contributed by atoms with Gasteiger partial charge in [0.05, 0.1) is 0 Å². The van der Waals surface area contributed by atoms with Gasteiger partial charge >= 0.3 is 0 Å². The number of nitrogens with two attached hydrogens (primary N) is 1. The number of carbonyl (C=O) groups is 1. The molecular formula is C15H23ClN2O. The van der Waals surface area contributed by atoms with E-state index in [2.05, 4.69) is 12.2 Å². The maximum absolute atomic E-state index is 12.3. The highest BCUT2D eigenvalue weighted by molar-refractivity contribution is 5.87. The fourth-order valence-electron chi connectivity index (χ4n) is 2.59. The van der Waals surface area contributed by atoms with Crippen LogP contribution in [0.25, 0.3) is 0 Å². The Morgan fingerprint density at radius 3 is 2.47 bits per heavy atom. The molecule has 3 atom stereocenters. The van der Waals surface area contributed by atoms with Crippen LogP contribution in [0.3, 0.4) is 0 Å². The SMILES string of the molecule is CC1CCCC1NC(=O)C(C)(N)c1ccccc1.Cl. The van der Waals surface area contributed by atoms with Crippen LogP contribution in [0, 0.1) is 5.92 Å². The van der Waals surface area contributed by atoms with Crippen molar-refractivity contribution in [2.24, 2.45) is 11.7 Å². The van der Waals surface area contributed by atoms with Crippen molar-refractivity contribution in [1.82, 2.24) is 5.32 Å². The molecule has 3 nitrogen and oxygen atoms in total. The van der Waals surface area contributed by atoms with E-state index in [4.69, 9.17) is 5.73 Å². The zero-order valence-electron chi connectivity index (χ0n) is 11.6. The zero-order chi connectivity index (χ0) is 13.2. The highest BCUT2D eigenvalue weighted by atomic mass is 35.5. The first kappa shape index (κ1) is 16.0. The molecule has 1 fully saturated rings. The molecule has 0 saturated heterocycles. The van der Waals surface area contributed by atoms with E-state index in [1.807, 2.05) is 30.3 Å². The monoisotopic (exact) mass is 282 g/mol. The van der Waals surface area contributed by atoms with Crippen molar-refractivity contribution in [1.29, 1.82) is 0 Å². The second-order valence-electron chi connectivity index (χ2n) is 5.56. The van der Waals surface area contributed by atoms with E-state index in [1.165, 1.54) is 12.8 Å². The number of amides is 1. The molecule has 1 aromatic rings. The third-order valence-corrected chi connectivity index (χ3v) is 4.02. The molecule has 4 heteroatoms. The first-order valence-electron chi connectivity index (χ1n) is 6.67. The maximum Gasteiger partial charge on any atom is 0.244 e. The molecule has 0 spiro atoms. The lowest BCUT2D eigenvalue weighted by Crippen LogP contribution is -2.52. The van der Waals surface area contributed by atoms with Crippen LogP contribution >= 0.6 is 12.4 Å². The van der Waals surface area contributed by atoms with Gasteiger partial charge in [-0.15, -0.1) is 12.4 Å². The minimum Gasteiger partial charge on any atom is -0.351 e. The Morgan fingerprint density at radius 2 is 1.95 bits per heavy atom. The number of nitrogens with one attached hydrogen (secondary N) is 1. The molecule has 2 rings (SSSR count). The minimum atomic E-state index is -0.955. The van der Waals surface area contributed by atoms with Crippen molar-refractivity contribution in [3.63, 3.8) is 0 Å². The van der Waals surface area contributed by atoms with Crippen LogP contribution < -0.4 is 11.1 Å². The fraction of sp³-hybridized carbons (Fsp3) is 0.533. The smallest absolute Gasteiger partial charge is 0.244 e. The van der Waals surface area contributed by atoms with E-state index in [0.717, 1.165) is 12.0 Å². The third kappa shape index (κ3) is 3.48. The van der Waals surface area contributed by atoms with Crippen LogP contribution in [0.5, 0.6) is 0 Å². The summed E-state index contributed by atoms with van der Waals surface area (Å²) in [4.78, 5) is 12.3. The minimum absolute atomic E-state index is 0. The van der Waals surface area contributed by atoms with Crippen molar-refractivity contribution < 1.29 is 4.79 Å². The fourth-order valence-corrected chi connectivity index (χ4v) is 2.59. The summed E-state index contributed by atoms with van der Waals surface area (Å²) < 4.78 is 0. The highest BCUT2D eigenvalue weighted by Crippen LogP contribution is 2.26. The van der Waals surface area contributed by atoms with Gasteiger partial charge in [0.2, 0.25) is 5.91 Å². The summed E-state index contributed by atoms with van der Waals surface area (Å²) in [7, 11) is 0. The normalized spacial score (nSPS) is 25.2. The van der Waals surface area contributed by atoms with Crippen LogP contribution in [-0.4, -0.2) is 11.9 Å². The van der Waals surface area contributed by atoms with Gasteiger partial charge in [-0.25, -0.2) is 0 Å². The van der Waals surface area contributed by atoms with Crippen molar-refractivity contribution in [3.05, 3.63) is 35.9 Å². The van der Waals surface area contributed by atoms with Gasteiger partial charge in [0.15, 0.2) is 0 Å². The second-order valence-corrected chi connectivity index (χ2v) is 5.56. The van der Waals surface area contributed by atoms with E-state index < -0.39 is 5.54 Å². The average Bonchev–Trinajstić information content (AvgIpc) is 2.76. The highest BCUT2D eigenvalue weighted by Gasteiger charge is 2.34. The number of hydrogen-bond donors (Lipinski definition) is 2. The molecule has 1 aliphatic rings. The predicted molar refractivity (Wildman–Crippen MR) is 80.2 cm³/mol. The molecule has 1 aliphatic carbocycles. The maximum atomic E-state index is 12.3. The lowest BCUT2D eigenvalue weighted by molar-refractivity contribution is -0.127. The van der Waals surface area contributed by atoms with E-state index in [0.29, 0.717) is 5.92 Å². The van der Waals surface area contributed by atoms with Crippen LogP contribution in [0.15, 0.2) is 30.3 Å². The van der Waals surface area contributed by atoms with Gasteiger partial charge in [0.1, 0.15) is 5.54 Å². The molecule has 3 unspecified atom stereocenters. The predicted octanol–water partition coefficient (Wildman–Crippen LogP) is 2.59. The largest absolute Gasteiger partial charge is 0.351 e. The van der Waals surface area contributed by atoms with Crippen LogP contribution in [-0.2, 0) is 10.3 Å². The first-order chi connectivity index (χ1) is 8.51. The molecule has 106 valence electrons. The molecule has 1 aromatic carbocycles. The molecule has 0 heterocycles. The van der Waals surface area contributed by atoms with E-state index in [-0.39, 0.29) is 24.4 Å². The molecule has 1 saturated carbocycles. The molecular weight excluding hydrogens is 260 g/mol. The Balaban J connectivity index is 0.00000180. The Kier molecular flexibility index (Phi) is 5.39. The van der Waals surface area contributed by atoms with Gasteiger partial charge in [-0.05, 0) is 31.2 Å². The summed E-state index contributed by atoms with van der Waals surface area (Å²) in [5.41, 5.74) is 6.09. The van der Waals surface area contributed by atoms with Gasteiger partial charge < -0.3 is 11.1 Å². The van der Waals surface area contributed by atoms with Crippen LogP contribution in [0.2, 0.25) is 0 Å². The van der Waals surface area contributed by atoms with Crippen molar-refractivity contribution in [2.75, 3.05) is 0 Å². The molecule has 0 aliphatic heterocycles. The van der Waals surface area contributed by atoms with E-state index >= 15 is 0 Å². The summed E-state index contributed by atoms with van der Waals surface area (Å²) in [6, 6.07) is 9.83. The van der Waals surface area contributed by atoms with E-state index in [9.17, 15) is 4.79 Å². The third-order valence-electron chi connectivity index (χ3n) is 4.02. The van der Waals surface area contributed by atoms with Gasteiger partial charge in [-0.2, -0.15) is 0 Å². The summed E-state index contributed by atoms with van der Waals surface area (Å²) in [5, 5.41) is 3.10. The molecule has 3 N–H and O–H groups in total. The zero-order valence-corrected chi connectivity index (χ0v) is 12.4. The van der Waals surface area contributed by atoms with Crippen molar-refractivity contribution >= 4 is 18.3 Å². The summed E-state index contributed by atoms with van der Waals surface area (Å²) in [6.07, 6.45) is 3.45. The summed E-state index contributed by atoms with van der Waals surface area (Å²) in [6.45, 7) is 3.96. The molecule has 0 bridgehead atoms. The number of rotatable bonds is 3. The van der Waals surface area contributed by atoms with Crippen LogP contribution in [0.1, 0.15) is 38.7 Å².